The van der Waals surface area contributed by atoms with Gasteiger partial charge in [-0.3, -0.25) is 14.4 Å². The summed E-state index contributed by atoms with van der Waals surface area (Å²) in [6, 6.07) is 15.7. The molecule has 0 atom stereocenters. The highest BCUT2D eigenvalue weighted by molar-refractivity contribution is 7.92. The lowest BCUT2D eigenvalue weighted by Crippen LogP contribution is -2.51. The number of para-hydroxylation sites is 2. The van der Waals surface area contributed by atoms with Gasteiger partial charge in [0.15, 0.2) is 11.6 Å². The Bertz CT molecular complexity index is 1290. The maximum Gasteiger partial charge on any atom is 0.263 e. The number of carbonyl (C=O) groups is 1. The third kappa shape index (κ3) is 5.38. The van der Waals surface area contributed by atoms with E-state index in [9.17, 15) is 13.2 Å². The first kappa shape index (κ1) is 23.5. The van der Waals surface area contributed by atoms with Crippen molar-refractivity contribution in [3.63, 3.8) is 0 Å². The first-order valence-corrected chi connectivity index (χ1v) is 13.6. The minimum atomic E-state index is -3.82. The lowest BCUT2D eigenvalue weighted by atomic mass is 10.1. The average Bonchev–Trinajstić information content (AvgIpc) is 2.89. The topological polar surface area (TPSA) is 98.7 Å². The lowest BCUT2D eigenvalue weighted by Gasteiger charge is -2.37. The maximum atomic E-state index is 13.0. The second kappa shape index (κ2) is 10.2. The molecule has 2 aliphatic heterocycles. The fraction of sp³-hybridized carbons (Fsp3) is 0.400. The molecule has 0 radical (unpaired) electrons. The van der Waals surface area contributed by atoms with Gasteiger partial charge in [0.25, 0.3) is 10.0 Å². The molecule has 184 valence electrons. The molecular formula is C25H30N6O3S. The van der Waals surface area contributed by atoms with Crippen LogP contribution in [0.1, 0.15) is 19.3 Å². The van der Waals surface area contributed by atoms with Crippen molar-refractivity contribution in [2.45, 2.75) is 24.2 Å². The normalized spacial score (nSPS) is 17.5. The predicted octanol–water partition coefficient (Wildman–Crippen LogP) is 2.57. The number of piperidine rings is 1. The highest BCUT2D eigenvalue weighted by atomic mass is 32.2. The molecule has 1 aromatic heterocycles. The summed E-state index contributed by atoms with van der Waals surface area (Å²) in [5.74, 6) is 0.913. The van der Waals surface area contributed by atoms with Gasteiger partial charge in [-0.15, -0.1) is 0 Å². The third-order valence-electron chi connectivity index (χ3n) is 6.58. The Morgan fingerprint density at radius 2 is 1.43 bits per heavy atom. The molecule has 2 saturated heterocycles. The Kier molecular flexibility index (Phi) is 6.83. The monoisotopic (exact) mass is 494 g/mol. The smallest absolute Gasteiger partial charge is 0.263 e. The molecule has 3 heterocycles. The molecule has 1 N–H and O–H groups in total. The van der Waals surface area contributed by atoms with E-state index in [1.54, 1.807) is 30.3 Å². The van der Waals surface area contributed by atoms with E-state index in [1.165, 1.54) is 6.42 Å². The Morgan fingerprint density at radius 1 is 0.800 bits per heavy atom. The zero-order valence-corrected chi connectivity index (χ0v) is 20.5. The first-order valence-electron chi connectivity index (χ1n) is 12.1. The summed E-state index contributed by atoms with van der Waals surface area (Å²) in [6.45, 7) is 4.77. The van der Waals surface area contributed by atoms with E-state index >= 15 is 0 Å². The summed E-state index contributed by atoms with van der Waals surface area (Å²) in [5.41, 5.74) is 1.32. The quantitative estimate of drug-likeness (QED) is 0.562. The number of hydrogen-bond donors (Lipinski definition) is 1. The Labute approximate surface area is 205 Å². The Balaban J connectivity index is 1.34. The van der Waals surface area contributed by atoms with Gasteiger partial charge in [-0.1, -0.05) is 30.3 Å². The van der Waals surface area contributed by atoms with Gasteiger partial charge in [-0.25, -0.2) is 18.4 Å². The van der Waals surface area contributed by atoms with Crippen LogP contribution in [-0.2, 0) is 14.8 Å². The van der Waals surface area contributed by atoms with Gasteiger partial charge in [0, 0.05) is 39.3 Å². The molecule has 2 aliphatic rings. The van der Waals surface area contributed by atoms with Gasteiger partial charge in [0.2, 0.25) is 5.91 Å². The van der Waals surface area contributed by atoms with Crippen molar-refractivity contribution in [2.24, 2.45) is 0 Å². The number of amides is 1. The number of carbonyl (C=O) groups excluding carboxylic acids is 1. The molecule has 3 aromatic rings. The minimum absolute atomic E-state index is 0.168. The van der Waals surface area contributed by atoms with Crippen molar-refractivity contribution < 1.29 is 13.2 Å². The van der Waals surface area contributed by atoms with Crippen LogP contribution in [-0.4, -0.2) is 79.9 Å². The largest absolute Gasteiger partial charge is 0.351 e. The number of benzene rings is 2. The van der Waals surface area contributed by atoms with E-state index in [-0.39, 0.29) is 16.6 Å². The Hall–Kier alpha value is -3.24. The van der Waals surface area contributed by atoms with Gasteiger partial charge in [-0.05, 0) is 43.5 Å². The zero-order chi connectivity index (χ0) is 24.3. The first-order chi connectivity index (χ1) is 17.0. The number of aromatic nitrogens is 2. The van der Waals surface area contributed by atoms with Gasteiger partial charge < -0.3 is 9.80 Å². The highest BCUT2D eigenvalue weighted by Gasteiger charge is 2.27. The second-order valence-electron chi connectivity index (χ2n) is 9.01. The van der Waals surface area contributed by atoms with Crippen molar-refractivity contribution in [2.75, 3.05) is 55.4 Å². The molecule has 9 nitrogen and oxygen atoms in total. The number of hydrogen-bond acceptors (Lipinski definition) is 7. The zero-order valence-electron chi connectivity index (χ0n) is 19.6. The summed E-state index contributed by atoms with van der Waals surface area (Å²) < 4.78 is 28.8. The molecular weight excluding hydrogens is 464 g/mol. The molecule has 0 saturated carbocycles. The number of likely N-dealkylation sites (tertiary alicyclic amines) is 1. The van der Waals surface area contributed by atoms with Crippen LogP contribution in [0.2, 0.25) is 0 Å². The number of nitrogens with one attached hydrogen (secondary N) is 1. The lowest BCUT2D eigenvalue weighted by molar-refractivity contribution is -0.133. The predicted molar refractivity (Wildman–Crippen MR) is 136 cm³/mol. The van der Waals surface area contributed by atoms with Crippen LogP contribution < -0.4 is 9.62 Å². The number of piperazine rings is 1. The summed E-state index contributed by atoms with van der Waals surface area (Å²) in [5, 5.41) is 0. The van der Waals surface area contributed by atoms with E-state index in [2.05, 4.69) is 14.6 Å². The molecule has 10 heteroatoms. The van der Waals surface area contributed by atoms with E-state index in [1.807, 2.05) is 34.1 Å². The average molecular weight is 495 g/mol. The van der Waals surface area contributed by atoms with E-state index in [4.69, 9.17) is 4.98 Å². The molecule has 2 fully saturated rings. The summed E-state index contributed by atoms with van der Waals surface area (Å²) in [6.07, 6.45) is 3.37. The standard InChI is InChI=1S/C25H30N6O3S/c32-23(30-13-7-2-8-14-30)19-29-15-17-31(18-16-29)25-24(26-21-11-5-6-12-22(21)27-25)28-35(33,34)20-9-3-1-4-10-20/h1,3-6,9-12H,2,7-8,13-19H2,(H,26,28). The fourth-order valence-corrected chi connectivity index (χ4v) is 5.64. The summed E-state index contributed by atoms with van der Waals surface area (Å²) in [4.78, 5) is 28.4. The maximum absolute atomic E-state index is 13.0. The molecule has 2 aromatic carbocycles. The number of sulfonamides is 1. The van der Waals surface area contributed by atoms with Gasteiger partial charge in [0.1, 0.15) is 0 Å². The number of fused-ring (bicyclic) bond motifs is 1. The van der Waals surface area contributed by atoms with Crippen LogP contribution in [0.3, 0.4) is 0 Å². The minimum Gasteiger partial charge on any atom is -0.351 e. The molecule has 0 aliphatic carbocycles. The molecule has 5 rings (SSSR count). The van der Waals surface area contributed by atoms with E-state index in [0.29, 0.717) is 49.6 Å². The molecule has 0 bridgehead atoms. The highest BCUT2D eigenvalue weighted by Crippen LogP contribution is 2.28. The van der Waals surface area contributed by atoms with Crippen LogP contribution in [0.15, 0.2) is 59.5 Å². The van der Waals surface area contributed by atoms with Crippen molar-refractivity contribution in [1.29, 1.82) is 0 Å². The van der Waals surface area contributed by atoms with E-state index in [0.717, 1.165) is 25.9 Å². The SMILES string of the molecule is O=C(CN1CCN(c2nc3ccccc3nc2NS(=O)(=O)c2ccccc2)CC1)N1CCCCC1. The molecule has 0 unspecified atom stereocenters. The molecule has 0 spiro atoms. The van der Waals surface area contributed by atoms with Crippen molar-refractivity contribution in [1.82, 2.24) is 19.8 Å². The number of anilines is 2. The van der Waals surface area contributed by atoms with Crippen LogP contribution >= 0.6 is 0 Å². The van der Waals surface area contributed by atoms with E-state index < -0.39 is 10.0 Å². The van der Waals surface area contributed by atoms with Crippen LogP contribution in [0.4, 0.5) is 11.6 Å². The second-order valence-corrected chi connectivity index (χ2v) is 10.7. The van der Waals surface area contributed by atoms with Crippen molar-refractivity contribution in [3.8, 4) is 0 Å². The summed E-state index contributed by atoms with van der Waals surface area (Å²) >= 11 is 0. The van der Waals surface area contributed by atoms with Gasteiger partial charge in [0.05, 0.1) is 22.5 Å². The van der Waals surface area contributed by atoms with Gasteiger partial charge >= 0.3 is 0 Å². The molecule has 1 amide bonds. The summed E-state index contributed by atoms with van der Waals surface area (Å²) in [7, 11) is -3.82. The fourth-order valence-electron chi connectivity index (χ4n) is 4.62. The van der Waals surface area contributed by atoms with Gasteiger partial charge in [-0.2, -0.15) is 0 Å². The number of rotatable bonds is 6. The van der Waals surface area contributed by atoms with Crippen molar-refractivity contribution in [3.05, 3.63) is 54.6 Å². The van der Waals surface area contributed by atoms with Crippen LogP contribution in [0.5, 0.6) is 0 Å². The third-order valence-corrected chi connectivity index (χ3v) is 7.93. The van der Waals surface area contributed by atoms with Crippen LogP contribution in [0.25, 0.3) is 11.0 Å². The van der Waals surface area contributed by atoms with Crippen molar-refractivity contribution >= 4 is 38.6 Å². The number of nitrogens with zero attached hydrogens (tertiary/aromatic N) is 5. The Morgan fingerprint density at radius 3 is 2.11 bits per heavy atom. The molecule has 35 heavy (non-hydrogen) atoms. The van der Waals surface area contributed by atoms with Crippen LogP contribution in [0, 0.1) is 0 Å².